The van der Waals surface area contributed by atoms with E-state index in [1.54, 1.807) is 6.20 Å². The van der Waals surface area contributed by atoms with Gasteiger partial charge in [0.2, 0.25) is 0 Å². The van der Waals surface area contributed by atoms with Gasteiger partial charge in [-0.2, -0.15) is 11.8 Å². The van der Waals surface area contributed by atoms with Gasteiger partial charge in [0.1, 0.15) is 5.82 Å². The molecule has 2 atom stereocenters. The van der Waals surface area contributed by atoms with E-state index >= 15 is 0 Å². The van der Waals surface area contributed by atoms with Gasteiger partial charge in [-0.05, 0) is 25.0 Å². The van der Waals surface area contributed by atoms with Crippen molar-refractivity contribution in [3.05, 3.63) is 12.0 Å². The van der Waals surface area contributed by atoms with Gasteiger partial charge in [-0.15, -0.1) is 0 Å². The fourth-order valence-corrected chi connectivity index (χ4v) is 5.10. The Kier molecular flexibility index (Phi) is 4.06. The smallest absolute Gasteiger partial charge is 0.257 e. The summed E-state index contributed by atoms with van der Waals surface area (Å²) in [6.07, 6.45) is 5.17. The fourth-order valence-electron chi connectivity index (χ4n) is 3.22. The van der Waals surface area contributed by atoms with E-state index in [0.29, 0.717) is 6.42 Å². The monoisotopic (exact) mass is 331 g/mol. The first-order valence-electron chi connectivity index (χ1n) is 7.26. The third kappa shape index (κ3) is 2.99. The Morgan fingerprint density at radius 2 is 2.43 bits per heavy atom. The molecule has 6 nitrogen and oxygen atoms in total. The van der Waals surface area contributed by atoms with Gasteiger partial charge in [0.15, 0.2) is 5.03 Å². The summed E-state index contributed by atoms with van der Waals surface area (Å²) in [5, 5.41) is 5.18. The van der Waals surface area contributed by atoms with Gasteiger partial charge in [0.25, 0.3) is 10.0 Å². The van der Waals surface area contributed by atoms with E-state index in [9.17, 15) is 8.42 Å². The van der Waals surface area contributed by atoms with Crippen LogP contribution >= 0.6 is 11.8 Å². The topological polar surface area (TPSA) is 87.2 Å². The first-order valence-corrected chi connectivity index (χ1v) is 9.96. The number of hydrogen-bond donors (Lipinski definition) is 1. The second-order valence-corrected chi connectivity index (χ2v) is 8.40. The molecule has 2 fully saturated rings. The van der Waals surface area contributed by atoms with E-state index in [4.69, 9.17) is 9.88 Å². The summed E-state index contributed by atoms with van der Waals surface area (Å²) < 4.78 is 31.1. The van der Waals surface area contributed by atoms with E-state index < -0.39 is 10.0 Å². The van der Waals surface area contributed by atoms with E-state index in [0.717, 1.165) is 43.2 Å². The van der Waals surface area contributed by atoms with Crippen molar-refractivity contribution in [1.82, 2.24) is 9.55 Å². The number of imidazole rings is 1. The summed E-state index contributed by atoms with van der Waals surface area (Å²) >= 11 is 1.93. The van der Waals surface area contributed by atoms with Crippen LogP contribution in [0.5, 0.6) is 0 Å². The molecule has 0 amide bonds. The summed E-state index contributed by atoms with van der Waals surface area (Å²) in [5.41, 5.74) is -0.0371. The number of nitrogens with two attached hydrogens (primary N) is 1. The Morgan fingerprint density at radius 1 is 1.62 bits per heavy atom. The minimum atomic E-state index is -3.75. The SMILES string of the molecule is CCc1nc(S(N)(=O)=O)cn1C1CCOC2(CCSC2)C1. The number of rotatable bonds is 3. The molecule has 3 heterocycles. The zero-order valence-electron chi connectivity index (χ0n) is 12.1. The van der Waals surface area contributed by atoms with Crippen LogP contribution in [0.2, 0.25) is 0 Å². The van der Waals surface area contributed by atoms with Gasteiger partial charge in [-0.3, -0.25) is 0 Å². The molecule has 2 aliphatic heterocycles. The largest absolute Gasteiger partial charge is 0.374 e. The van der Waals surface area contributed by atoms with Crippen LogP contribution in [0.15, 0.2) is 11.2 Å². The second-order valence-electron chi connectivity index (χ2n) is 5.78. The van der Waals surface area contributed by atoms with Crippen LogP contribution in [-0.4, -0.2) is 41.7 Å². The lowest BCUT2D eigenvalue weighted by Gasteiger charge is -2.38. The predicted octanol–water partition coefficient (Wildman–Crippen LogP) is 1.32. The average Bonchev–Trinajstić information content (AvgIpc) is 3.05. The third-order valence-corrected chi connectivity index (χ3v) is 6.32. The van der Waals surface area contributed by atoms with Crippen molar-refractivity contribution >= 4 is 21.8 Å². The molecule has 0 bridgehead atoms. The zero-order chi connectivity index (χ0) is 15.1. The number of thioether (sulfide) groups is 1. The molecule has 1 aromatic rings. The molecule has 0 aliphatic carbocycles. The Morgan fingerprint density at radius 3 is 3.05 bits per heavy atom. The number of aromatic nitrogens is 2. The van der Waals surface area contributed by atoms with Crippen molar-refractivity contribution in [2.45, 2.75) is 49.3 Å². The van der Waals surface area contributed by atoms with Crippen molar-refractivity contribution < 1.29 is 13.2 Å². The van der Waals surface area contributed by atoms with Crippen LogP contribution in [0.1, 0.15) is 38.1 Å². The zero-order valence-corrected chi connectivity index (χ0v) is 13.8. The first-order chi connectivity index (χ1) is 9.93. The molecule has 2 aliphatic rings. The Bertz CT molecular complexity index is 621. The molecule has 8 heteroatoms. The minimum Gasteiger partial charge on any atom is -0.374 e. The molecule has 2 N–H and O–H groups in total. The second kappa shape index (κ2) is 5.57. The summed E-state index contributed by atoms with van der Waals surface area (Å²) in [4.78, 5) is 4.19. The molecule has 0 saturated carbocycles. The number of ether oxygens (including phenoxy) is 1. The molecule has 0 radical (unpaired) electrons. The lowest BCUT2D eigenvalue weighted by molar-refractivity contribution is -0.0765. The van der Waals surface area contributed by atoms with Crippen LogP contribution in [0.3, 0.4) is 0 Å². The molecule has 118 valence electrons. The highest BCUT2D eigenvalue weighted by Crippen LogP contribution is 2.42. The predicted molar refractivity (Wildman–Crippen MR) is 81.9 cm³/mol. The van der Waals surface area contributed by atoms with Gasteiger partial charge < -0.3 is 9.30 Å². The highest BCUT2D eigenvalue weighted by molar-refractivity contribution is 7.99. The lowest BCUT2D eigenvalue weighted by atomic mass is 9.89. The maximum absolute atomic E-state index is 11.5. The van der Waals surface area contributed by atoms with Crippen LogP contribution < -0.4 is 5.14 Å². The van der Waals surface area contributed by atoms with E-state index in [1.165, 1.54) is 0 Å². The highest BCUT2D eigenvalue weighted by atomic mass is 32.2. The van der Waals surface area contributed by atoms with E-state index in [-0.39, 0.29) is 16.7 Å². The van der Waals surface area contributed by atoms with Crippen LogP contribution in [0.25, 0.3) is 0 Å². The van der Waals surface area contributed by atoms with Gasteiger partial charge >= 0.3 is 0 Å². The van der Waals surface area contributed by atoms with Crippen molar-refractivity contribution in [2.24, 2.45) is 5.14 Å². The summed E-state index contributed by atoms with van der Waals surface area (Å²) in [7, 11) is -3.75. The molecule has 3 rings (SSSR count). The maximum Gasteiger partial charge on any atom is 0.257 e. The standard InChI is InChI=1S/C13H21N3O3S2/c1-2-11-15-12(21(14,17)18)8-16(11)10-3-5-19-13(7-10)4-6-20-9-13/h8,10H,2-7,9H2,1H3,(H2,14,17,18). The van der Waals surface area contributed by atoms with Gasteiger partial charge in [-0.1, -0.05) is 6.92 Å². The van der Waals surface area contributed by atoms with Crippen molar-refractivity contribution in [2.75, 3.05) is 18.1 Å². The molecular weight excluding hydrogens is 310 g/mol. The lowest BCUT2D eigenvalue weighted by Crippen LogP contribution is -2.40. The molecule has 2 unspecified atom stereocenters. The maximum atomic E-state index is 11.5. The van der Waals surface area contributed by atoms with Crippen LogP contribution in [0.4, 0.5) is 0 Å². The molecule has 21 heavy (non-hydrogen) atoms. The Balaban J connectivity index is 1.90. The molecule has 1 aromatic heterocycles. The number of hydrogen-bond acceptors (Lipinski definition) is 5. The summed E-state index contributed by atoms with van der Waals surface area (Å²) in [6.45, 7) is 2.70. The molecule has 1 spiro atoms. The van der Waals surface area contributed by atoms with Crippen LogP contribution in [0, 0.1) is 0 Å². The molecular formula is C13H21N3O3S2. The molecule has 0 aromatic carbocycles. The van der Waals surface area contributed by atoms with Gasteiger partial charge in [0.05, 0.1) is 5.60 Å². The first kappa shape index (κ1) is 15.3. The molecule has 2 saturated heterocycles. The minimum absolute atomic E-state index is 0.0271. The Labute approximate surface area is 129 Å². The normalized spacial score (nSPS) is 30.1. The summed E-state index contributed by atoms with van der Waals surface area (Å²) in [6, 6.07) is 0.246. The quantitative estimate of drug-likeness (QED) is 0.902. The number of primary sulfonamides is 1. The van der Waals surface area contributed by atoms with Crippen molar-refractivity contribution in [3.63, 3.8) is 0 Å². The summed E-state index contributed by atoms with van der Waals surface area (Å²) in [5.74, 6) is 2.95. The number of aryl methyl sites for hydroxylation is 1. The average molecular weight is 331 g/mol. The van der Waals surface area contributed by atoms with Crippen molar-refractivity contribution in [3.8, 4) is 0 Å². The fraction of sp³-hybridized carbons (Fsp3) is 0.769. The number of sulfonamides is 1. The van der Waals surface area contributed by atoms with Crippen LogP contribution in [-0.2, 0) is 21.2 Å². The van der Waals surface area contributed by atoms with Crippen molar-refractivity contribution in [1.29, 1.82) is 0 Å². The van der Waals surface area contributed by atoms with Gasteiger partial charge in [-0.25, -0.2) is 18.5 Å². The highest BCUT2D eigenvalue weighted by Gasteiger charge is 2.41. The Hall–Kier alpha value is -0.570. The third-order valence-electron chi connectivity index (χ3n) is 4.32. The van der Waals surface area contributed by atoms with E-state index in [2.05, 4.69) is 4.98 Å². The van der Waals surface area contributed by atoms with E-state index in [1.807, 2.05) is 23.3 Å². The number of nitrogens with zero attached hydrogens (tertiary/aromatic N) is 2. The van der Waals surface area contributed by atoms with Gasteiger partial charge in [0, 0.05) is 31.0 Å².